The van der Waals surface area contributed by atoms with Crippen LogP contribution in [0.2, 0.25) is 0 Å². The second-order valence-electron chi connectivity index (χ2n) is 11.2. The molecular formula is C41H26N2OS. The van der Waals surface area contributed by atoms with E-state index >= 15 is 0 Å². The number of fused-ring (bicyclic) bond motifs is 6. The second-order valence-corrected chi connectivity index (χ2v) is 12.3. The first kappa shape index (κ1) is 25.8. The van der Waals surface area contributed by atoms with Crippen molar-refractivity contribution in [2.24, 2.45) is 0 Å². The van der Waals surface area contributed by atoms with Crippen LogP contribution in [0.15, 0.2) is 162 Å². The van der Waals surface area contributed by atoms with Crippen LogP contribution in [0.1, 0.15) is 0 Å². The molecule has 0 radical (unpaired) electrons. The topological polar surface area (TPSA) is 29.3 Å². The fourth-order valence-electron chi connectivity index (χ4n) is 6.36. The zero-order valence-corrected chi connectivity index (χ0v) is 25.0. The van der Waals surface area contributed by atoms with Crippen LogP contribution >= 0.6 is 11.3 Å². The predicted octanol–water partition coefficient (Wildman–Crippen LogP) is 12.2. The average Bonchev–Trinajstić information content (AvgIpc) is 3.71. The Morgan fingerprint density at radius 1 is 0.467 bits per heavy atom. The van der Waals surface area contributed by atoms with Crippen LogP contribution in [0.4, 0.5) is 17.1 Å². The Kier molecular flexibility index (Phi) is 6.00. The second kappa shape index (κ2) is 10.5. The fraction of sp³-hybridized carbons (Fsp3) is 0. The summed E-state index contributed by atoms with van der Waals surface area (Å²) in [6.45, 7) is 0. The Hall–Kier alpha value is -5.71. The lowest BCUT2D eigenvalue weighted by atomic mass is 10.0. The average molecular weight is 595 g/mol. The van der Waals surface area contributed by atoms with Gasteiger partial charge < -0.3 is 9.32 Å². The molecule has 0 spiro atoms. The van der Waals surface area contributed by atoms with Crippen molar-refractivity contribution in [3.8, 4) is 22.6 Å². The molecule has 2 aromatic heterocycles. The monoisotopic (exact) mass is 594 g/mol. The number of benzene rings is 7. The van der Waals surface area contributed by atoms with Gasteiger partial charge in [0.15, 0.2) is 5.58 Å². The van der Waals surface area contributed by atoms with E-state index in [1.807, 2.05) is 41.7 Å². The number of hydrogen-bond acceptors (Lipinski definition) is 4. The molecule has 212 valence electrons. The van der Waals surface area contributed by atoms with Crippen molar-refractivity contribution in [3.63, 3.8) is 0 Å². The van der Waals surface area contributed by atoms with E-state index in [9.17, 15) is 0 Å². The summed E-state index contributed by atoms with van der Waals surface area (Å²) in [5, 5.41) is 4.70. The van der Waals surface area contributed by atoms with Crippen LogP contribution in [0.25, 0.3) is 64.6 Å². The van der Waals surface area contributed by atoms with E-state index in [1.165, 1.54) is 25.7 Å². The van der Waals surface area contributed by atoms with Crippen molar-refractivity contribution in [1.29, 1.82) is 0 Å². The lowest BCUT2D eigenvalue weighted by Crippen LogP contribution is -2.10. The summed E-state index contributed by atoms with van der Waals surface area (Å²) in [6, 6.07) is 55.6. The van der Waals surface area contributed by atoms with Crippen LogP contribution in [-0.2, 0) is 0 Å². The molecule has 0 unspecified atom stereocenters. The lowest BCUT2D eigenvalue weighted by molar-refractivity contribution is 0.620. The normalized spacial score (nSPS) is 11.6. The van der Waals surface area contributed by atoms with Gasteiger partial charge in [0.1, 0.15) is 5.52 Å². The van der Waals surface area contributed by atoms with Crippen LogP contribution in [0.5, 0.6) is 0 Å². The van der Waals surface area contributed by atoms with E-state index in [4.69, 9.17) is 9.40 Å². The van der Waals surface area contributed by atoms with Gasteiger partial charge in [-0.1, -0.05) is 103 Å². The zero-order chi connectivity index (χ0) is 29.7. The van der Waals surface area contributed by atoms with Gasteiger partial charge in [-0.3, -0.25) is 0 Å². The van der Waals surface area contributed by atoms with Gasteiger partial charge in [0.2, 0.25) is 5.89 Å². The maximum Gasteiger partial charge on any atom is 0.227 e. The molecule has 45 heavy (non-hydrogen) atoms. The standard InChI is InChI=1S/C41H26N2OS/c1-3-12-27(13-4-1)29-16-11-17-30(24-29)43(31-22-23-39-35(25-31)33-19-9-10-21-38(33)45-39)36-26-37-40(34-20-8-7-18-32(34)36)42-41(44-37)28-14-5-2-6-15-28/h1-26H. The minimum atomic E-state index is 0.622. The molecule has 0 atom stereocenters. The van der Waals surface area contributed by atoms with Gasteiger partial charge >= 0.3 is 0 Å². The third-order valence-corrected chi connectivity index (χ3v) is 9.62. The van der Waals surface area contributed by atoms with Crippen LogP contribution < -0.4 is 4.90 Å². The minimum absolute atomic E-state index is 0.622. The highest BCUT2D eigenvalue weighted by atomic mass is 32.1. The van der Waals surface area contributed by atoms with Crippen LogP contribution in [0, 0.1) is 0 Å². The first-order valence-corrected chi connectivity index (χ1v) is 15.9. The Morgan fingerprint density at radius 2 is 1.11 bits per heavy atom. The number of nitrogens with zero attached hydrogens (tertiary/aromatic N) is 2. The third kappa shape index (κ3) is 4.38. The highest BCUT2D eigenvalue weighted by molar-refractivity contribution is 7.25. The molecule has 7 aromatic carbocycles. The maximum absolute atomic E-state index is 6.50. The van der Waals surface area contributed by atoms with Gasteiger partial charge in [-0.2, -0.15) is 0 Å². The summed E-state index contributed by atoms with van der Waals surface area (Å²) in [4.78, 5) is 7.36. The van der Waals surface area contributed by atoms with E-state index in [0.717, 1.165) is 50.1 Å². The van der Waals surface area contributed by atoms with Crippen LogP contribution in [-0.4, -0.2) is 4.98 Å². The van der Waals surface area contributed by atoms with Gasteiger partial charge in [-0.15, -0.1) is 11.3 Å². The van der Waals surface area contributed by atoms with Crippen molar-refractivity contribution in [3.05, 3.63) is 158 Å². The first-order valence-electron chi connectivity index (χ1n) is 15.0. The number of rotatable bonds is 5. The molecule has 2 heterocycles. The quantitative estimate of drug-likeness (QED) is 0.198. The van der Waals surface area contributed by atoms with E-state index in [0.29, 0.717) is 5.89 Å². The molecule has 0 amide bonds. The SMILES string of the molecule is c1ccc(-c2cccc(N(c3ccc4sc5ccccc5c4c3)c3cc4oc(-c5ccccc5)nc4c4ccccc34)c2)cc1. The molecule has 0 aliphatic rings. The van der Waals surface area contributed by atoms with Crippen molar-refractivity contribution in [2.45, 2.75) is 0 Å². The summed E-state index contributed by atoms with van der Waals surface area (Å²) in [7, 11) is 0. The lowest BCUT2D eigenvalue weighted by Gasteiger charge is -2.27. The molecule has 0 aliphatic carbocycles. The van der Waals surface area contributed by atoms with E-state index < -0.39 is 0 Å². The van der Waals surface area contributed by atoms with Crippen molar-refractivity contribution in [2.75, 3.05) is 4.90 Å². The maximum atomic E-state index is 6.50. The van der Waals surface area contributed by atoms with Gasteiger partial charge in [-0.05, 0) is 59.7 Å². The summed E-state index contributed by atoms with van der Waals surface area (Å²) in [6.07, 6.45) is 0. The molecule has 0 fully saturated rings. The number of thiophene rings is 1. The van der Waals surface area contributed by atoms with Gasteiger partial charge in [-0.25, -0.2) is 4.98 Å². The number of hydrogen-bond donors (Lipinski definition) is 0. The molecule has 4 heteroatoms. The first-order chi connectivity index (χ1) is 22.3. The summed E-state index contributed by atoms with van der Waals surface area (Å²) >= 11 is 1.84. The predicted molar refractivity (Wildman–Crippen MR) is 190 cm³/mol. The number of anilines is 3. The summed E-state index contributed by atoms with van der Waals surface area (Å²) < 4.78 is 9.07. The van der Waals surface area contributed by atoms with Crippen molar-refractivity contribution >= 4 is 70.4 Å². The molecular weight excluding hydrogens is 569 g/mol. The highest BCUT2D eigenvalue weighted by Crippen LogP contribution is 2.45. The molecule has 0 saturated heterocycles. The highest BCUT2D eigenvalue weighted by Gasteiger charge is 2.21. The van der Waals surface area contributed by atoms with Crippen molar-refractivity contribution < 1.29 is 4.42 Å². The third-order valence-electron chi connectivity index (χ3n) is 8.47. The number of aromatic nitrogens is 1. The summed E-state index contributed by atoms with van der Waals surface area (Å²) in [5.74, 6) is 0.622. The van der Waals surface area contributed by atoms with Gasteiger partial charge in [0, 0.05) is 53.9 Å². The van der Waals surface area contributed by atoms with E-state index in [1.54, 1.807) is 0 Å². The van der Waals surface area contributed by atoms with Crippen molar-refractivity contribution in [1.82, 2.24) is 4.98 Å². The van der Waals surface area contributed by atoms with E-state index in [-0.39, 0.29) is 0 Å². The fourth-order valence-corrected chi connectivity index (χ4v) is 7.45. The molecule has 0 aliphatic heterocycles. The Labute approximate surface area is 264 Å². The Morgan fingerprint density at radius 3 is 1.93 bits per heavy atom. The summed E-state index contributed by atoms with van der Waals surface area (Å²) in [5.41, 5.74) is 8.13. The van der Waals surface area contributed by atoms with Gasteiger partial charge in [0.25, 0.3) is 0 Å². The zero-order valence-electron chi connectivity index (χ0n) is 24.2. The molecule has 0 saturated carbocycles. The Balaban J connectivity index is 1.32. The van der Waals surface area contributed by atoms with Crippen LogP contribution in [0.3, 0.4) is 0 Å². The largest absolute Gasteiger partial charge is 0.436 e. The van der Waals surface area contributed by atoms with E-state index in [2.05, 4.69) is 132 Å². The smallest absolute Gasteiger partial charge is 0.227 e. The Bertz CT molecular complexity index is 2500. The molecule has 0 N–H and O–H groups in total. The molecule has 3 nitrogen and oxygen atoms in total. The molecule has 0 bridgehead atoms. The van der Waals surface area contributed by atoms with Gasteiger partial charge in [0.05, 0.1) is 5.69 Å². The minimum Gasteiger partial charge on any atom is -0.436 e. The number of oxazole rings is 1. The molecule has 9 rings (SSSR count). The molecule has 9 aromatic rings.